The van der Waals surface area contributed by atoms with Crippen LogP contribution in [0.3, 0.4) is 0 Å². The molecular weight excluding hydrogens is 228 g/mol. The summed E-state index contributed by atoms with van der Waals surface area (Å²) >= 11 is 0. The van der Waals surface area contributed by atoms with Gasteiger partial charge in [-0.25, -0.2) is 0 Å². The quantitative estimate of drug-likeness (QED) is 0.496. The Balaban J connectivity index is 3.55. The van der Waals surface area contributed by atoms with Gasteiger partial charge in [0.2, 0.25) is 0 Å². The van der Waals surface area contributed by atoms with E-state index in [0.29, 0.717) is 12.1 Å². The highest BCUT2D eigenvalue weighted by Crippen LogP contribution is 1.93. The van der Waals surface area contributed by atoms with Crippen LogP contribution in [0.5, 0.6) is 0 Å². The van der Waals surface area contributed by atoms with Gasteiger partial charge >= 0.3 is 0 Å². The van der Waals surface area contributed by atoms with E-state index in [2.05, 4.69) is 24.5 Å². The van der Waals surface area contributed by atoms with Crippen molar-refractivity contribution in [2.75, 3.05) is 39.5 Å². The number of hydrogen-bond acceptors (Lipinski definition) is 4. The molecule has 2 N–H and O–H groups in total. The third-order valence-corrected chi connectivity index (χ3v) is 3.02. The lowest BCUT2D eigenvalue weighted by atomic mass is 10.2. The van der Waals surface area contributed by atoms with Crippen LogP contribution in [0.1, 0.15) is 40.5 Å². The Morgan fingerprint density at radius 3 is 1.39 bits per heavy atom. The average molecular weight is 260 g/mol. The van der Waals surface area contributed by atoms with Crippen molar-refractivity contribution in [2.24, 2.45) is 0 Å². The average Bonchev–Trinajstić information content (AvgIpc) is 2.41. The molecule has 0 saturated heterocycles. The van der Waals surface area contributed by atoms with Gasteiger partial charge in [0.15, 0.2) is 0 Å². The maximum absolute atomic E-state index is 5.44. The Morgan fingerprint density at radius 1 is 0.722 bits per heavy atom. The van der Waals surface area contributed by atoms with Crippen LogP contribution in [0.15, 0.2) is 0 Å². The molecule has 110 valence electrons. The molecule has 0 rings (SSSR count). The summed E-state index contributed by atoms with van der Waals surface area (Å²) in [4.78, 5) is 0. The minimum atomic E-state index is 0.471. The van der Waals surface area contributed by atoms with E-state index in [1.807, 2.05) is 13.8 Å². The van der Waals surface area contributed by atoms with Crippen molar-refractivity contribution in [3.63, 3.8) is 0 Å². The summed E-state index contributed by atoms with van der Waals surface area (Å²) in [5.41, 5.74) is 0. The Labute approximate surface area is 113 Å². The Hall–Kier alpha value is -0.160. The van der Waals surface area contributed by atoms with Gasteiger partial charge in [0.1, 0.15) is 0 Å². The SMILES string of the molecule is CCOCC(CC)NCCNC(CC)COCC. The molecule has 0 aromatic carbocycles. The predicted octanol–water partition coefficient (Wildman–Crippen LogP) is 1.80. The van der Waals surface area contributed by atoms with Crippen molar-refractivity contribution in [3.8, 4) is 0 Å². The minimum Gasteiger partial charge on any atom is -0.380 e. The number of ether oxygens (including phenoxy) is 2. The molecule has 0 bridgehead atoms. The summed E-state index contributed by atoms with van der Waals surface area (Å²) in [6.45, 7) is 13.6. The second kappa shape index (κ2) is 13.3. The van der Waals surface area contributed by atoms with Crippen LogP contribution in [0.4, 0.5) is 0 Å². The molecule has 0 aliphatic carbocycles. The van der Waals surface area contributed by atoms with Gasteiger partial charge in [-0.1, -0.05) is 13.8 Å². The molecule has 4 nitrogen and oxygen atoms in total. The Kier molecular flexibility index (Phi) is 13.2. The van der Waals surface area contributed by atoms with Crippen LogP contribution >= 0.6 is 0 Å². The van der Waals surface area contributed by atoms with Gasteiger partial charge < -0.3 is 20.1 Å². The fraction of sp³-hybridized carbons (Fsp3) is 1.00. The van der Waals surface area contributed by atoms with E-state index in [0.717, 1.165) is 52.4 Å². The van der Waals surface area contributed by atoms with E-state index < -0.39 is 0 Å². The van der Waals surface area contributed by atoms with Gasteiger partial charge in [0.05, 0.1) is 13.2 Å². The van der Waals surface area contributed by atoms with Crippen molar-refractivity contribution in [3.05, 3.63) is 0 Å². The molecule has 0 aliphatic heterocycles. The monoisotopic (exact) mass is 260 g/mol. The lowest BCUT2D eigenvalue weighted by molar-refractivity contribution is 0.117. The fourth-order valence-corrected chi connectivity index (χ4v) is 1.72. The molecule has 0 fully saturated rings. The summed E-state index contributed by atoms with van der Waals surface area (Å²) in [6, 6.07) is 0.942. The van der Waals surface area contributed by atoms with Crippen molar-refractivity contribution >= 4 is 0 Å². The standard InChI is InChI=1S/C14H32N2O2/c1-5-13(11-17-7-3)15-9-10-16-14(6-2)12-18-8-4/h13-16H,5-12H2,1-4H3. The highest BCUT2D eigenvalue weighted by molar-refractivity contribution is 4.68. The molecular formula is C14H32N2O2. The molecule has 0 amide bonds. The first-order valence-corrected chi connectivity index (χ1v) is 7.40. The number of hydrogen-bond donors (Lipinski definition) is 2. The zero-order chi connectivity index (χ0) is 13.6. The summed E-state index contributed by atoms with van der Waals surface area (Å²) in [7, 11) is 0. The highest BCUT2D eigenvalue weighted by Gasteiger charge is 2.07. The second-order valence-electron chi connectivity index (χ2n) is 4.44. The normalized spacial score (nSPS) is 14.7. The first kappa shape index (κ1) is 17.8. The molecule has 2 atom stereocenters. The number of nitrogens with one attached hydrogen (secondary N) is 2. The molecule has 0 aliphatic rings. The smallest absolute Gasteiger partial charge is 0.0619 e. The van der Waals surface area contributed by atoms with Crippen molar-refractivity contribution in [1.29, 1.82) is 0 Å². The first-order chi connectivity index (χ1) is 8.78. The summed E-state index contributed by atoms with van der Waals surface area (Å²) in [5.74, 6) is 0. The largest absolute Gasteiger partial charge is 0.380 e. The van der Waals surface area contributed by atoms with Gasteiger partial charge in [0.25, 0.3) is 0 Å². The maximum atomic E-state index is 5.44. The summed E-state index contributed by atoms with van der Waals surface area (Å²) in [5, 5.41) is 7.02. The zero-order valence-electron chi connectivity index (χ0n) is 12.6. The third kappa shape index (κ3) is 9.83. The van der Waals surface area contributed by atoms with Gasteiger partial charge in [-0.15, -0.1) is 0 Å². The van der Waals surface area contributed by atoms with Crippen molar-refractivity contribution in [1.82, 2.24) is 10.6 Å². The van der Waals surface area contributed by atoms with Gasteiger partial charge in [-0.05, 0) is 26.7 Å². The van der Waals surface area contributed by atoms with Crippen LogP contribution < -0.4 is 10.6 Å². The van der Waals surface area contributed by atoms with Crippen LogP contribution in [0.25, 0.3) is 0 Å². The minimum absolute atomic E-state index is 0.471. The number of rotatable bonds is 13. The molecule has 0 saturated carbocycles. The van der Waals surface area contributed by atoms with Crippen LogP contribution in [-0.4, -0.2) is 51.6 Å². The molecule has 0 heterocycles. The predicted molar refractivity (Wildman–Crippen MR) is 77.1 cm³/mol. The van der Waals surface area contributed by atoms with E-state index in [1.54, 1.807) is 0 Å². The molecule has 0 spiro atoms. The lowest BCUT2D eigenvalue weighted by Gasteiger charge is -2.19. The van der Waals surface area contributed by atoms with E-state index in [-0.39, 0.29) is 0 Å². The van der Waals surface area contributed by atoms with Crippen molar-refractivity contribution < 1.29 is 9.47 Å². The van der Waals surface area contributed by atoms with Crippen LogP contribution in [-0.2, 0) is 9.47 Å². The lowest BCUT2D eigenvalue weighted by Crippen LogP contribution is -2.41. The summed E-state index contributed by atoms with van der Waals surface area (Å²) < 4.78 is 10.9. The maximum Gasteiger partial charge on any atom is 0.0619 e. The van der Waals surface area contributed by atoms with E-state index in [4.69, 9.17) is 9.47 Å². The van der Waals surface area contributed by atoms with Gasteiger partial charge in [0, 0.05) is 38.4 Å². The highest BCUT2D eigenvalue weighted by atomic mass is 16.5. The van der Waals surface area contributed by atoms with Crippen molar-refractivity contribution in [2.45, 2.75) is 52.6 Å². The molecule has 0 aromatic heterocycles. The van der Waals surface area contributed by atoms with Crippen LogP contribution in [0.2, 0.25) is 0 Å². The Morgan fingerprint density at radius 2 is 1.11 bits per heavy atom. The second-order valence-corrected chi connectivity index (χ2v) is 4.44. The first-order valence-electron chi connectivity index (χ1n) is 7.40. The Bertz CT molecular complexity index is 150. The van der Waals surface area contributed by atoms with E-state index in [9.17, 15) is 0 Å². The molecule has 4 heteroatoms. The van der Waals surface area contributed by atoms with E-state index in [1.165, 1.54) is 0 Å². The fourth-order valence-electron chi connectivity index (χ4n) is 1.72. The molecule has 0 aromatic rings. The topological polar surface area (TPSA) is 42.5 Å². The van der Waals surface area contributed by atoms with Gasteiger partial charge in [-0.3, -0.25) is 0 Å². The zero-order valence-corrected chi connectivity index (χ0v) is 12.6. The van der Waals surface area contributed by atoms with E-state index >= 15 is 0 Å². The molecule has 18 heavy (non-hydrogen) atoms. The molecule has 2 unspecified atom stereocenters. The molecule has 0 radical (unpaired) electrons. The van der Waals surface area contributed by atoms with Gasteiger partial charge in [-0.2, -0.15) is 0 Å². The van der Waals surface area contributed by atoms with Crippen LogP contribution in [0, 0.1) is 0 Å². The third-order valence-electron chi connectivity index (χ3n) is 3.02. The summed E-state index contributed by atoms with van der Waals surface area (Å²) in [6.07, 6.45) is 2.21.